The number of amides is 1. The number of sulfonamides is 1. The minimum atomic E-state index is -3.55. The van der Waals surface area contributed by atoms with Gasteiger partial charge >= 0.3 is 0 Å². The van der Waals surface area contributed by atoms with E-state index in [9.17, 15) is 13.2 Å². The van der Waals surface area contributed by atoms with E-state index in [2.05, 4.69) is 10.3 Å². The summed E-state index contributed by atoms with van der Waals surface area (Å²) in [5.74, 6) is 0.166. The van der Waals surface area contributed by atoms with Gasteiger partial charge in [-0.1, -0.05) is 11.6 Å². The zero-order valence-electron chi connectivity index (χ0n) is 20.0. The maximum Gasteiger partial charge on any atom is 0.270 e. The first kappa shape index (κ1) is 25.5. The van der Waals surface area contributed by atoms with Crippen molar-refractivity contribution in [3.63, 3.8) is 0 Å². The SMILES string of the molecule is CNC(=O)C(=Nc1ccc(Cl)cc1)c1cc(C2CC2)c(N(CCC2CCOC2)S(C)(=O)=O)cc1N. The average molecular weight is 519 g/mol. The molecule has 1 heterocycles. The maximum atomic E-state index is 12.8. The average Bonchev–Trinajstić information content (AvgIpc) is 3.53. The van der Waals surface area contributed by atoms with Crippen LogP contribution in [0.2, 0.25) is 5.02 Å². The smallest absolute Gasteiger partial charge is 0.270 e. The first-order valence-corrected chi connectivity index (χ1v) is 14.0. The lowest BCUT2D eigenvalue weighted by Gasteiger charge is -2.27. The molecule has 2 fully saturated rings. The number of likely N-dealkylation sites (N-methyl/N-ethyl adjacent to an activating group) is 1. The van der Waals surface area contributed by atoms with Crippen molar-refractivity contribution < 1.29 is 17.9 Å². The van der Waals surface area contributed by atoms with E-state index in [4.69, 9.17) is 22.1 Å². The number of rotatable bonds is 9. The molecule has 188 valence electrons. The van der Waals surface area contributed by atoms with E-state index in [1.807, 2.05) is 6.07 Å². The molecule has 1 aliphatic carbocycles. The molecule has 1 aliphatic heterocycles. The van der Waals surface area contributed by atoms with Gasteiger partial charge in [0.15, 0.2) is 0 Å². The van der Waals surface area contributed by atoms with Gasteiger partial charge in [-0.05, 0) is 79.5 Å². The number of nitrogens with zero attached hydrogens (tertiary/aromatic N) is 2. The highest BCUT2D eigenvalue weighted by Gasteiger charge is 2.33. The van der Waals surface area contributed by atoms with Gasteiger partial charge in [0.25, 0.3) is 5.91 Å². The van der Waals surface area contributed by atoms with Crippen molar-refractivity contribution in [2.45, 2.75) is 31.6 Å². The number of aliphatic imine (C=N–C) groups is 1. The number of nitrogen functional groups attached to an aromatic ring is 1. The monoisotopic (exact) mass is 518 g/mol. The summed E-state index contributed by atoms with van der Waals surface area (Å²) in [6.07, 6.45) is 4.77. The van der Waals surface area contributed by atoms with E-state index in [0.717, 1.165) is 24.8 Å². The second kappa shape index (κ2) is 10.6. The fraction of sp³-hybridized carbons (Fsp3) is 0.440. The van der Waals surface area contributed by atoms with Crippen LogP contribution in [0.4, 0.5) is 17.1 Å². The standard InChI is InChI=1S/C25H31ClN4O4S/c1-28-25(31)24(29-19-7-5-18(26)6-8-19)21-13-20(17-3-4-17)23(14-22(21)27)30(35(2,32)33)11-9-16-10-12-34-15-16/h5-8,13-14,16-17H,3-4,9-12,15,27H2,1-2H3,(H,28,31). The van der Waals surface area contributed by atoms with E-state index in [1.165, 1.54) is 17.6 Å². The summed E-state index contributed by atoms with van der Waals surface area (Å²) in [6, 6.07) is 10.3. The topological polar surface area (TPSA) is 114 Å². The second-order valence-corrected chi connectivity index (χ2v) is 11.5. The van der Waals surface area contributed by atoms with Gasteiger partial charge in [0.2, 0.25) is 10.0 Å². The Morgan fingerprint density at radius 2 is 1.94 bits per heavy atom. The molecule has 0 radical (unpaired) electrons. The van der Waals surface area contributed by atoms with Crippen molar-refractivity contribution in [1.82, 2.24) is 5.32 Å². The van der Waals surface area contributed by atoms with E-state index >= 15 is 0 Å². The van der Waals surface area contributed by atoms with Gasteiger partial charge in [0.05, 0.1) is 17.6 Å². The third kappa shape index (κ3) is 6.15. The lowest BCUT2D eigenvalue weighted by Crippen LogP contribution is -2.33. The van der Waals surface area contributed by atoms with Crippen LogP contribution in [0.25, 0.3) is 0 Å². The molecule has 1 saturated carbocycles. The van der Waals surface area contributed by atoms with Crippen LogP contribution in [0.5, 0.6) is 0 Å². The fourth-order valence-electron chi connectivity index (χ4n) is 4.34. The van der Waals surface area contributed by atoms with E-state index in [-0.39, 0.29) is 17.5 Å². The predicted octanol–water partition coefficient (Wildman–Crippen LogP) is 3.86. The number of nitrogens with two attached hydrogens (primary N) is 1. The molecule has 0 spiro atoms. The molecule has 0 bridgehead atoms. The lowest BCUT2D eigenvalue weighted by atomic mass is 9.98. The van der Waals surface area contributed by atoms with Crippen LogP contribution >= 0.6 is 11.6 Å². The van der Waals surface area contributed by atoms with Gasteiger partial charge < -0.3 is 15.8 Å². The number of hydrogen-bond acceptors (Lipinski definition) is 6. The van der Waals surface area contributed by atoms with Crippen LogP contribution in [0.15, 0.2) is 41.4 Å². The molecule has 1 unspecified atom stereocenters. The van der Waals surface area contributed by atoms with Gasteiger partial charge in [0, 0.05) is 43.1 Å². The van der Waals surface area contributed by atoms with Crippen molar-refractivity contribution in [2.75, 3.05) is 43.1 Å². The molecule has 8 nitrogen and oxygen atoms in total. The molecule has 10 heteroatoms. The van der Waals surface area contributed by atoms with Crippen LogP contribution in [0, 0.1) is 5.92 Å². The van der Waals surface area contributed by atoms with Gasteiger partial charge in [-0.15, -0.1) is 0 Å². The van der Waals surface area contributed by atoms with Crippen molar-refractivity contribution in [3.8, 4) is 0 Å². The van der Waals surface area contributed by atoms with Gasteiger partial charge in [-0.3, -0.25) is 9.10 Å². The Balaban J connectivity index is 1.77. The van der Waals surface area contributed by atoms with Crippen LogP contribution in [-0.4, -0.2) is 53.1 Å². The Labute approximate surface area is 211 Å². The summed E-state index contributed by atoms with van der Waals surface area (Å²) < 4.78 is 32.6. The zero-order chi connectivity index (χ0) is 25.2. The number of hydrogen-bond donors (Lipinski definition) is 2. The third-order valence-electron chi connectivity index (χ3n) is 6.41. The molecule has 1 atom stereocenters. The van der Waals surface area contributed by atoms with Crippen molar-refractivity contribution in [2.24, 2.45) is 10.9 Å². The van der Waals surface area contributed by atoms with Crippen molar-refractivity contribution in [3.05, 3.63) is 52.5 Å². The zero-order valence-corrected chi connectivity index (χ0v) is 21.5. The number of carbonyl (C=O) groups is 1. The highest BCUT2D eigenvalue weighted by atomic mass is 35.5. The molecule has 2 aromatic carbocycles. The molecule has 3 N–H and O–H groups in total. The Morgan fingerprint density at radius 3 is 2.51 bits per heavy atom. The Morgan fingerprint density at radius 1 is 1.23 bits per heavy atom. The number of benzene rings is 2. The number of nitrogens with one attached hydrogen (secondary N) is 1. The van der Waals surface area contributed by atoms with Crippen LogP contribution in [-0.2, 0) is 19.6 Å². The van der Waals surface area contributed by atoms with Crippen LogP contribution in [0.1, 0.15) is 42.7 Å². The highest BCUT2D eigenvalue weighted by molar-refractivity contribution is 7.92. The molecule has 2 aliphatic rings. The molecular formula is C25H31ClN4O4S. The summed E-state index contributed by atoms with van der Waals surface area (Å²) in [6.45, 7) is 1.73. The van der Waals surface area contributed by atoms with E-state index in [0.29, 0.717) is 59.7 Å². The summed E-state index contributed by atoms with van der Waals surface area (Å²) in [5.41, 5.74) is 9.39. The largest absolute Gasteiger partial charge is 0.398 e. The molecule has 0 aromatic heterocycles. The normalized spacial score (nSPS) is 18.5. The quantitative estimate of drug-likeness (QED) is 0.386. The van der Waals surface area contributed by atoms with E-state index < -0.39 is 10.0 Å². The van der Waals surface area contributed by atoms with Gasteiger partial charge in [-0.2, -0.15) is 0 Å². The van der Waals surface area contributed by atoms with Gasteiger partial charge in [-0.25, -0.2) is 13.4 Å². The van der Waals surface area contributed by atoms with Crippen LogP contribution in [0.3, 0.4) is 0 Å². The molecule has 2 aromatic rings. The summed E-state index contributed by atoms with van der Waals surface area (Å²) in [5, 5.41) is 3.20. The summed E-state index contributed by atoms with van der Waals surface area (Å²) in [4.78, 5) is 17.4. The number of anilines is 2. The number of carbonyl (C=O) groups excluding carboxylic acids is 1. The van der Waals surface area contributed by atoms with Crippen LogP contribution < -0.4 is 15.4 Å². The Kier molecular flexibility index (Phi) is 7.68. The third-order valence-corrected chi connectivity index (χ3v) is 7.85. The molecular weight excluding hydrogens is 488 g/mol. The molecule has 4 rings (SSSR count). The van der Waals surface area contributed by atoms with E-state index in [1.54, 1.807) is 30.3 Å². The fourth-order valence-corrected chi connectivity index (χ4v) is 5.41. The maximum absolute atomic E-state index is 12.8. The van der Waals surface area contributed by atoms with Crippen molar-refractivity contribution >= 4 is 50.3 Å². The Hall–Kier alpha value is -2.62. The van der Waals surface area contributed by atoms with Gasteiger partial charge in [0.1, 0.15) is 5.71 Å². The molecule has 1 amide bonds. The highest BCUT2D eigenvalue weighted by Crippen LogP contribution is 2.46. The molecule has 35 heavy (non-hydrogen) atoms. The summed E-state index contributed by atoms with van der Waals surface area (Å²) in [7, 11) is -2.01. The first-order valence-electron chi connectivity index (χ1n) is 11.7. The number of ether oxygens (including phenoxy) is 1. The first-order chi connectivity index (χ1) is 16.7. The summed E-state index contributed by atoms with van der Waals surface area (Å²) >= 11 is 5.99. The van der Waals surface area contributed by atoms with Crippen molar-refractivity contribution in [1.29, 1.82) is 0 Å². The number of halogens is 1. The Bertz CT molecular complexity index is 1220. The predicted molar refractivity (Wildman–Crippen MR) is 140 cm³/mol. The minimum absolute atomic E-state index is 0.162. The molecule has 1 saturated heterocycles. The second-order valence-electron chi connectivity index (χ2n) is 9.14. The minimum Gasteiger partial charge on any atom is -0.398 e. The lowest BCUT2D eigenvalue weighted by molar-refractivity contribution is -0.114.